The summed E-state index contributed by atoms with van der Waals surface area (Å²) in [5.41, 5.74) is 1.35. The quantitative estimate of drug-likeness (QED) is 0.345. The summed E-state index contributed by atoms with van der Waals surface area (Å²) < 4.78 is 79.7. The molecule has 0 unspecified atom stereocenters. The van der Waals surface area contributed by atoms with Gasteiger partial charge in [-0.2, -0.15) is 4.99 Å². The molecule has 1 aromatic heterocycles. The summed E-state index contributed by atoms with van der Waals surface area (Å²) in [6, 6.07) is 9.97. The number of carbonyl (C=O) groups excluding carboxylic acids is 1. The third-order valence-corrected chi connectivity index (χ3v) is 7.55. The summed E-state index contributed by atoms with van der Waals surface area (Å²) >= 11 is 1.16. The van der Waals surface area contributed by atoms with E-state index in [4.69, 9.17) is 9.47 Å². The number of rotatable bonds is 11. The first kappa shape index (κ1) is 29.2. The minimum atomic E-state index is -4.81. The summed E-state index contributed by atoms with van der Waals surface area (Å²) in [6.45, 7) is 1.95. The van der Waals surface area contributed by atoms with Crippen molar-refractivity contribution in [2.45, 2.75) is 26.3 Å². The van der Waals surface area contributed by atoms with Crippen molar-refractivity contribution >= 4 is 27.3 Å². The average molecular weight is 574 g/mol. The van der Waals surface area contributed by atoms with Crippen LogP contribution in [0.1, 0.15) is 23.7 Å². The highest BCUT2D eigenvalue weighted by Crippen LogP contribution is 2.28. The fraction of sp³-hybridized carbons (Fsp3) is 0.333. The number of nitrogens with zero attached hydrogens (tertiary/aromatic N) is 2. The zero-order chi connectivity index (χ0) is 27.9. The van der Waals surface area contributed by atoms with Gasteiger partial charge in [0.15, 0.2) is 4.80 Å². The van der Waals surface area contributed by atoms with Crippen LogP contribution >= 0.6 is 11.3 Å². The molecule has 3 aromatic rings. The topological polar surface area (TPSA) is 108 Å². The first-order valence-corrected chi connectivity index (χ1v) is 13.8. The second-order valence-electron chi connectivity index (χ2n) is 7.76. The maximum absolute atomic E-state index is 13.1. The van der Waals surface area contributed by atoms with E-state index in [2.05, 4.69) is 14.5 Å². The second kappa shape index (κ2) is 12.5. The van der Waals surface area contributed by atoms with Gasteiger partial charge in [-0.3, -0.25) is 4.79 Å². The number of amides is 1. The fourth-order valence-electron chi connectivity index (χ4n) is 3.38. The lowest BCUT2D eigenvalue weighted by molar-refractivity contribution is -0.274. The summed E-state index contributed by atoms with van der Waals surface area (Å²) in [5.74, 6) is -0.236. The Bertz CT molecular complexity index is 1430. The van der Waals surface area contributed by atoms with Crippen molar-refractivity contribution < 1.29 is 40.6 Å². The van der Waals surface area contributed by atoms with Crippen LogP contribution in [0.5, 0.6) is 17.2 Å². The number of thiazole rings is 1. The van der Waals surface area contributed by atoms with Gasteiger partial charge in [0.2, 0.25) is 10.0 Å². The number of ether oxygens (including phenoxy) is 3. The van der Waals surface area contributed by atoms with E-state index in [0.29, 0.717) is 28.2 Å². The van der Waals surface area contributed by atoms with Crippen molar-refractivity contribution in [3.63, 3.8) is 0 Å². The molecule has 0 aliphatic rings. The Kier molecular flexibility index (Phi) is 9.57. The molecule has 0 aliphatic heterocycles. The van der Waals surface area contributed by atoms with Crippen LogP contribution in [0.4, 0.5) is 13.2 Å². The van der Waals surface area contributed by atoms with Gasteiger partial charge in [0.1, 0.15) is 17.2 Å². The van der Waals surface area contributed by atoms with Crippen LogP contribution in [0.15, 0.2) is 52.8 Å². The smallest absolute Gasteiger partial charge is 0.497 e. The van der Waals surface area contributed by atoms with Crippen molar-refractivity contribution in [2.24, 2.45) is 4.99 Å². The van der Waals surface area contributed by atoms with Crippen molar-refractivity contribution in [2.75, 3.05) is 26.5 Å². The van der Waals surface area contributed by atoms with Crippen LogP contribution in [-0.4, -0.2) is 51.8 Å². The van der Waals surface area contributed by atoms with Crippen LogP contribution in [0.2, 0.25) is 0 Å². The first-order chi connectivity index (χ1) is 18.0. The van der Waals surface area contributed by atoms with Crippen LogP contribution in [0.3, 0.4) is 0 Å². The van der Waals surface area contributed by atoms with Crippen molar-refractivity contribution in [1.82, 2.24) is 9.29 Å². The van der Waals surface area contributed by atoms with Crippen LogP contribution in [-0.2, 0) is 16.6 Å². The predicted octanol–water partition coefficient (Wildman–Crippen LogP) is 4.20. The molecular formula is C24H26F3N3O6S2. The maximum Gasteiger partial charge on any atom is 0.573 e. The van der Waals surface area contributed by atoms with Crippen LogP contribution in [0.25, 0.3) is 11.3 Å². The van der Waals surface area contributed by atoms with E-state index in [-0.39, 0.29) is 35.9 Å². The number of hydrogen-bond donors (Lipinski definition) is 1. The number of nitrogens with one attached hydrogen (secondary N) is 1. The minimum Gasteiger partial charge on any atom is -0.497 e. The number of sulfonamides is 1. The largest absolute Gasteiger partial charge is 0.573 e. The molecule has 0 bridgehead atoms. The number of methoxy groups -OCH3 is 2. The lowest BCUT2D eigenvalue weighted by Gasteiger charge is -2.12. The normalized spacial score (nSPS) is 12.4. The van der Waals surface area contributed by atoms with Gasteiger partial charge in [-0.05, 0) is 55.3 Å². The maximum atomic E-state index is 13.1. The van der Waals surface area contributed by atoms with E-state index in [9.17, 15) is 26.4 Å². The molecule has 1 N–H and O–H groups in total. The van der Waals surface area contributed by atoms with Gasteiger partial charge >= 0.3 is 6.36 Å². The van der Waals surface area contributed by atoms with Gasteiger partial charge in [-0.1, -0.05) is 0 Å². The van der Waals surface area contributed by atoms with E-state index in [1.54, 1.807) is 22.1 Å². The van der Waals surface area contributed by atoms with E-state index in [1.165, 1.54) is 51.5 Å². The first-order valence-electron chi connectivity index (χ1n) is 11.3. The average Bonchev–Trinajstić information content (AvgIpc) is 3.27. The summed E-state index contributed by atoms with van der Waals surface area (Å²) in [6.07, 6.45) is -4.45. The molecule has 3 rings (SSSR count). The van der Waals surface area contributed by atoms with Gasteiger partial charge in [0.25, 0.3) is 5.91 Å². The molecule has 1 amide bonds. The Hall–Kier alpha value is -3.36. The second-order valence-corrected chi connectivity index (χ2v) is 10.7. The number of aromatic nitrogens is 1. The molecule has 0 radical (unpaired) electrons. The molecule has 9 nitrogen and oxygen atoms in total. The number of alkyl halides is 3. The molecule has 1 heterocycles. The standard InChI is InChI=1S/C24H26F3N3O6S2/c1-4-38(32,33)28-12-5-13-30-20(16-6-8-17(9-7-16)36-24(25,26)27)15-37-23(30)29-22(31)19-11-10-18(34-2)14-21(19)35-3/h6-11,14-15,28H,4-5,12-13H2,1-3H3/b29-23-. The predicted molar refractivity (Wildman–Crippen MR) is 136 cm³/mol. The summed E-state index contributed by atoms with van der Waals surface area (Å²) in [5, 5.41) is 1.72. The summed E-state index contributed by atoms with van der Waals surface area (Å²) in [4.78, 5) is 17.6. The molecule has 0 atom stereocenters. The van der Waals surface area contributed by atoms with Gasteiger partial charge in [0.05, 0.1) is 31.2 Å². The number of carbonyl (C=O) groups is 1. The Balaban J connectivity index is 1.97. The van der Waals surface area contributed by atoms with E-state index >= 15 is 0 Å². The molecule has 2 aromatic carbocycles. The highest BCUT2D eigenvalue weighted by atomic mass is 32.2. The van der Waals surface area contributed by atoms with Gasteiger partial charge in [0, 0.05) is 24.5 Å². The number of hydrogen-bond acceptors (Lipinski definition) is 7. The lowest BCUT2D eigenvalue weighted by atomic mass is 10.1. The Morgan fingerprint density at radius 1 is 1.08 bits per heavy atom. The van der Waals surface area contributed by atoms with Crippen molar-refractivity contribution in [3.8, 4) is 28.5 Å². The van der Waals surface area contributed by atoms with Gasteiger partial charge in [-0.15, -0.1) is 24.5 Å². The van der Waals surface area contributed by atoms with E-state index < -0.39 is 22.3 Å². The molecule has 0 aliphatic carbocycles. The minimum absolute atomic E-state index is 0.0605. The van der Waals surface area contributed by atoms with Crippen LogP contribution < -0.4 is 23.7 Å². The fourth-order valence-corrected chi connectivity index (χ4v) is 4.97. The van der Waals surface area contributed by atoms with E-state index in [1.807, 2.05) is 0 Å². The highest BCUT2D eigenvalue weighted by molar-refractivity contribution is 7.89. The molecule has 0 fully saturated rings. The van der Waals surface area contributed by atoms with Gasteiger partial charge in [-0.25, -0.2) is 13.1 Å². The molecule has 38 heavy (non-hydrogen) atoms. The zero-order valence-corrected chi connectivity index (χ0v) is 22.4. The monoisotopic (exact) mass is 573 g/mol. The number of halogens is 3. The zero-order valence-electron chi connectivity index (χ0n) is 20.7. The third-order valence-electron chi connectivity index (χ3n) is 5.28. The number of benzene rings is 2. The molecule has 0 saturated heterocycles. The summed E-state index contributed by atoms with van der Waals surface area (Å²) in [7, 11) is -0.485. The van der Waals surface area contributed by atoms with Crippen molar-refractivity contribution in [1.29, 1.82) is 0 Å². The van der Waals surface area contributed by atoms with Gasteiger partial charge < -0.3 is 18.8 Å². The molecule has 0 saturated carbocycles. The molecule has 14 heteroatoms. The van der Waals surface area contributed by atoms with Crippen LogP contribution in [0, 0.1) is 0 Å². The van der Waals surface area contributed by atoms with Crippen molar-refractivity contribution in [3.05, 3.63) is 58.2 Å². The SMILES string of the molecule is CCS(=O)(=O)NCCCn1c(-c2ccc(OC(F)(F)F)cc2)cs/c1=N\C(=O)c1ccc(OC)cc1OC. The lowest BCUT2D eigenvalue weighted by Crippen LogP contribution is -2.28. The molecule has 206 valence electrons. The Morgan fingerprint density at radius 3 is 2.37 bits per heavy atom. The highest BCUT2D eigenvalue weighted by Gasteiger charge is 2.31. The third kappa shape index (κ3) is 7.82. The van der Waals surface area contributed by atoms with E-state index in [0.717, 1.165) is 11.3 Å². The Labute approximate surface area is 221 Å². The molecule has 0 spiro atoms. The Morgan fingerprint density at radius 2 is 1.76 bits per heavy atom. The molecular weight excluding hydrogens is 547 g/mol.